The normalized spacial score (nSPS) is 14.7. The molecular weight excluding hydrogens is 370 g/mol. The van der Waals surface area contributed by atoms with E-state index in [1.807, 2.05) is 41.3 Å². The first-order valence-corrected chi connectivity index (χ1v) is 11.0. The molecule has 150 valence electrons. The molecule has 0 spiro atoms. The fraction of sp³-hybridized carbons (Fsp3) is 0.455. The number of carbonyl (C=O) groups excluding carboxylic acids is 2. The fourth-order valence-corrected chi connectivity index (χ4v) is 4.78. The number of likely N-dealkylation sites (tertiary alicyclic amines) is 1. The van der Waals surface area contributed by atoms with Gasteiger partial charge in [-0.3, -0.25) is 4.79 Å². The number of para-hydroxylation sites is 1. The summed E-state index contributed by atoms with van der Waals surface area (Å²) in [4.78, 5) is 29.0. The number of aryl methyl sites for hydroxylation is 2. The van der Waals surface area contributed by atoms with E-state index >= 15 is 0 Å². The number of rotatable bonds is 6. The van der Waals surface area contributed by atoms with E-state index in [-0.39, 0.29) is 18.0 Å². The highest BCUT2D eigenvalue weighted by atomic mass is 32.1. The topological polar surface area (TPSA) is 61.4 Å². The molecule has 0 saturated carbocycles. The van der Waals surface area contributed by atoms with Crippen molar-refractivity contribution in [2.75, 3.05) is 18.4 Å². The van der Waals surface area contributed by atoms with Crippen molar-refractivity contribution in [2.24, 2.45) is 0 Å². The number of piperidine rings is 1. The molecule has 0 atom stereocenters. The second-order valence-corrected chi connectivity index (χ2v) is 8.33. The number of benzene rings is 1. The molecule has 5 nitrogen and oxygen atoms in total. The van der Waals surface area contributed by atoms with Gasteiger partial charge in [-0.2, -0.15) is 0 Å². The van der Waals surface area contributed by atoms with E-state index in [0.717, 1.165) is 42.7 Å². The first kappa shape index (κ1) is 20.4. The SMILES string of the molecule is CCCc1sc(C(=O)NC2CCN(C(=O)Nc3ccccc3)CC2)cc1CC. The molecule has 28 heavy (non-hydrogen) atoms. The highest BCUT2D eigenvalue weighted by Gasteiger charge is 2.25. The predicted molar refractivity (Wildman–Crippen MR) is 115 cm³/mol. The third-order valence-electron chi connectivity index (χ3n) is 5.12. The van der Waals surface area contributed by atoms with E-state index in [4.69, 9.17) is 0 Å². The molecule has 2 aromatic rings. The molecule has 0 bridgehead atoms. The lowest BCUT2D eigenvalue weighted by Gasteiger charge is -2.32. The summed E-state index contributed by atoms with van der Waals surface area (Å²) in [6.07, 6.45) is 4.66. The van der Waals surface area contributed by atoms with Gasteiger partial charge in [0.25, 0.3) is 5.91 Å². The Hall–Kier alpha value is -2.34. The van der Waals surface area contributed by atoms with Crippen LogP contribution in [0.2, 0.25) is 0 Å². The largest absolute Gasteiger partial charge is 0.348 e. The lowest BCUT2D eigenvalue weighted by Crippen LogP contribution is -2.47. The van der Waals surface area contributed by atoms with E-state index in [0.29, 0.717) is 13.1 Å². The van der Waals surface area contributed by atoms with Crippen molar-refractivity contribution < 1.29 is 9.59 Å². The van der Waals surface area contributed by atoms with Crippen LogP contribution in [0, 0.1) is 0 Å². The maximum absolute atomic E-state index is 12.7. The van der Waals surface area contributed by atoms with Gasteiger partial charge in [0.1, 0.15) is 0 Å². The number of anilines is 1. The van der Waals surface area contributed by atoms with Crippen molar-refractivity contribution in [3.05, 3.63) is 51.7 Å². The van der Waals surface area contributed by atoms with Crippen molar-refractivity contribution in [3.8, 4) is 0 Å². The molecule has 2 heterocycles. The standard InChI is InChI=1S/C22H29N3O2S/c1-3-8-19-16(4-2)15-20(28-19)21(26)23-18-11-13-25(14-12-18)22(27)24-17-9-6-5-7-10-17/h5-7,9-10,15,18H,3-4,8,11-14H2,1-2H3,(H,23,26)(H,24,27). The third kappa shape index (κ3) is 5.13. The molecule has 1 aliphatic rings. The van der Waals surface area contributed by atoms with Gasteiger partial charge in [0.2, 0.25) is 0 Å². The zero-order chi connectivity index (χ0) is 19.9. The summed E-state index contributed by atoms with van der Waals surface area (Å²) in [5.74, 6) is 0.0224. The maximum atomic E-state index is 12.7. The van der Waals surface area contributed by atoms with Crippen LogP contribution in [0.15, 0.2) is 36.4 Å². The molecule has 1 aromatic heterocycles. The highest BCUT2D eigenvalue weighted by molar-refractivity contribution is 7.14. The summed E-state index contributed by atoms with van der Waals surface area (Å²) >= 11 is 1.63. The van der Waals surface area contributed by atoms with Crippen molar-refractivity contribution in [3.63, 3.8) is 0 Å². The van der Waals surface area contributed by atoms with E-state index in [1.54, 1.807) is 11.3 Å². The number of nitrogens with one attached hydrogen (secondary N) is 2. The van der Waals surface area contributed by atoms with Gasteiger partial charge in [-0.15, -0.1) is 11.3 Å². The van der Waals surface area contributed by atoms with Crippen molar-refractivity contribution in [1.82, 2.24) is 10.2 Å². The summed E-state index contributed by atoms with van der Waals surface area (Å²) in [5, 5.41) is 6.09. The van der Waals surface area contributed by atoms with E-state index in [2.05, 4.69) is 24.5 Å². The minimum atomic E-state index is -0.0778. The summed E-state index contributed by atoms with van der Waals surface area (Å²) in [6.45, 7) is 5.60. The van der Waals surface area contributed by atoms with Gasteiger partial charge in [-0.05, 0) is 49.4 Å². The van der Waals surface area contributed by atoms with Crippen LogP contribution in [-0.4, -0.2) is 36.0 Å². The van der Waals surface area contributed by atoms with Crippen molar-refractivity contribution in [1.29, 1.82) is 0 Å². The Morgan fingerprint density at radius 1 is 1.14 bits per heavy atom. The minimum Gasteiger partial charge on any atom is -0.348 e. The van der Waals surface area contributed by atoms with Crippen LogP contribution in [0.25, 0.3) is 0 Å². The van der Waals surface area contributed by atoms with E-state index < -0.39 is 0 Å². The Labute approximate surface area is 171 Å². The maximum Gasteiger partial charge on any atom is 0.321 e. The number of nitrogens with zero attached hydrogens (tertiary/aromatic N) is 1. The van der Waals surface area contributed by atoms with Gasteiger partial charge in [0, 0.05) is 29.7 Å². The van der Waals surface area contributed by atoms with Crippen LogP contribution >= 0.6 is 11.3 Å². The first-order valence-electron chi connectivity index (χ1n) is 10.1. The Balaban J connectivity index is 1.50. The molecule has 0 unspecified atom stereocenters. The molecule has 3 amide bonds. The minimum absolute atomic E-state index is 0.0224. The van der Waals surface area contributed by atoms with Crippen LogP contribution in [0.1, 0.15) is 53.2 Å². The molecule has 2 N–H and O–H groups in total. The Bertz CT molecular complexity index is 795. The molecule has 1 aromatic carbocycles. The first-order chi connectivity index (χ1) is 13.6. The summed E-state index contributed by atoms with van der Waals surface area (Å²) in [5.41, 5.74) is 2.10. The zero-order valence-electron chi connectivity index (χ0n) is 16.7. The second kappa shape index (κ2) is 9.73. The molecule has 1 fully saturated rings. The van der Waals surface area contributed by atoms with Crippen molar-refractivity contribution >= 4 is 29.0 Å². The molecular formula is C22H29N3O2S. The monoisotopic (exact) mass is 399 g/mol. The van der Waals surface area contributed by atoms with Gasteiger partial charge in [-0.1, -0.05) is 38.5 Å². The van der Waals surface area contributed by atoms with Crippen LogP contribution in [-0.2, 0) is 12.8 Å². The summed E-state index contributed by atoms with van der Waals surface area (Å²) in [6, 6.07) is 11.6. The van der Waals surface area contributed by atoms with Crippen LogP contribution in [0.5, 0.6) is 0 Å². The Kier molecular flexibility index (Phi) is 7.09. The molecule has 3 rings (SSSR count). The Morgan fingerprint density at radius 2 is 1.86 bits per heavy atom. The van der Waals surface area contributed by atoms with Gasteiger partial charge < -0.3 is 15.5 Å². The van der Waals surface area contributed by atoms with Crippen molar-refractivity contribution in [2.45, 2.75) is 52.0 Å². The molecule has 1 saturated heterocycles. The molecule has 6 heteroatoms. The quantitative estimate of drug-likeness (QED) is 0.740. The number of hydrogen-bond donors (Lipinski definition) is 2. The third-order valence-corrected chi connectivity index (χ3v) is 6.36. The van der Waals surface area contributed by atoms with Crippen LogP contribution in [0.4, 0.5) is 10.5 Å². The highest BCUT2D eigenvalue weighted by Crippen LogP contribution is 2.25. The number of hydrogen-bond acceptors (Lipinski definition) is 3. The number of thiophene rings is 1. The van der Waals surface area contributed by atoms with Gasteiger partial charge >= 0.3 is 6.03 Å². The zero-order valence-corrected chi connectivity index (χ0v) is 17.5. The van der Waals surface area contributed by atoms with E-state index in [1.165, 1.54) is 10.4 Å². The lowest BCUT2D eigenvalue weighted by atomic mass is 10.1. The lowest BCUT2D eigenvalue weighted by molar-refractivity contribution is 0.0923. The van der Waals surface area contributed by atoms with Gasteiger partial charge in [0.05, 0.1) is 4.88 Å². The van der Waals surface area contributed by atoms with Crippen LogP contribution < -0.4 is 10.6 Å². The number of amides is 3. The number of urea groups is 1. The number of carbonyl (C=O) groups is 2. The summed E-state index contributed by atoms with van der Waals surface area (Å²) in [7, 11) is 0. The van der Waals surface area contributed by atoms with E-state index in [9.17, 15) is 9.59 Å². The van der Waals surface area contributed by atoms with Gasteiger partial charge in [0.15, 0.2) is 0 Å². The fourth-order valence-electron chi connectivity index (χ4n) is 3.52. The molecule has 0 aliphatic carbocycles. The summed E-state index contributed by atoms with van der Waals surface area (Å²) < 4.78 is 0. The molecule has 0 radical (unpaired) electrons. The average molecular weight is 400 g/mol. The smallest absolute Gasteiger partial charge is 0.321 e. The predicted octanol–water partition coefficient (Wildman–Crippen LogP) is 4.69. The second-order valence-electron chi connectivity index (χ2n) is 7.19. The Morgan fingerprint density at radius 3 is 2.50 bits per heavy atom. The molecule has 1 aliphatic heterocycles. The van der Waals surface area contributed by atoms with Crippen LogP contribution in [0.3, 0.4) is 0 Å². The average Bonchev–Trinajstić information content (AvgIpc) is 3.13. The van der Waals surface area contributed by atoms with Gasteiger partial charge in [-0.25, -0.2) is 4.79 Å².